The van der Waals surface area contributed by atoms with Gasteiger partial charge in [-0.1, -0.05) is 6.92 Å². The highest BCUT2D eigenvalue weighted by Crippen LogP contribution is 2.39. The van der Waals surface area contributed by atoms with Gasteiger partial charge in [0.15, 0.2) is 5.65 Å². The molecule has 0 bridgehead atoms. The lowest BCUT2D eigenvalue weighted by Crippen LogP contribution is -2.48. The van der Waals surface area contributed by atoms with Gasteiger partial charge in [-0.2, -0.15) is 0 Å². The summed E-state index contributed by atoms with van der Waals surface area (Å²) < 4.78 is 0. The van der Waals surface area contributed by atoms with Crippen molar-refractivity contribution in [1.29, 1.82) is 0 Å². The van der Waals surface area contributed by atoms with Crippen molar-refractivity contribution in [1.82, 2.24) is 20.3 Å². The molecule has 1 saturated carbocycles. The van der Waals surface area contributed by atoms with Crippen molar-refractivity contribution in [3.05, 3.63) is 23.7 Å². The van der Waals surface area contributed by atoms with Crippen LogP contribution >= 0.6 is 0 Å². The second kappa shape index (κ2) is 5.35. The summed E-state index contributed by atoms with van der Waals surface area (Å²) in [6.45, 7) is 5.41. The number of amides is 1. The van der Waals surface area contributed by atoms with Crippen LogP contribution in [0.25, 0.3) is 11.2 Å². The van der Waals surface area contributed by atoms with Gasteiger partial charge in [-0.05, 0) is 33.1 Å². The van der Waals surface area contributed by atoms with Gasteiger partial charge < -0.3 is 15.4 Å². The standard InChI is InChI=1S/C16H22N4O2/c1-4-16(3,22)9(2)19-15(21)11-7-17-14-13(11)20-12(8-18-14)10-5-6-10/h7-10,22H,4-6H2,1-3H3,(H,17,18)(H,19,21)/t9-,16+/m0/s1. The highest BCUT2D eigenvalue weighted by molar-refractivity contribution is 6.04. The maximum atomic E-state index is 12.5. The van der Waals surface area contributed by atoms with Crippen molar-refractivity contribution in [2.24, 2.45) is 0 Å². The molecular formula is C16H22N4O2. The highest BCUT2D eigenvalue weighted by Gasteiger charge is 2.29. The lowest BCUT2D eigenvalue weighted by atomic mass is 9.95. The third-order valence-electron chi connectivity index (χ3n) is 4.64. The van der Waals surface area contributed by atoms with E-state index in [1.807, 2.05) is 6.92 Å². The molecular weight excluding hydrogens is 280 g/mol. The zero-order chi connectivity index (χ0) is 15.9. The number of hydrogen-bond donors (Lipinski definition) is 3. The Morgan fingerprint density at radius 3 is 2.95 bits per heavy atom. The van der Waals surface area contributed by atoms with Crippen LogP contribution in [-0.2, 0) is 0 Å². The molecule has 2 heterocycles. The van der Waals surface area contributed by atoms with Gasteiger partial charge in [0.2, 0.25) is 0 Å². The van der Waals surface area contributed by atoms with E-state index in [0.29, 0.717) is 29.1 Å². The van der Waals surface area contributed by atoms with Crippen LogP contribution in [0.5, 0.6) is 0 Å². The van der Waals surface area contributed by atoms with E-state index in [9.17, 15) is 9.90 Å². The molecule has 118 valence electrons. The van der Waals surface area contributed by atoms with Gasteiger partial charge in [-0.25, -0.2) is 9.97 Å². The first-order valence-corrected chi connectivity index (χ1v) is 7.79. The topological polar surface area (TPSA) is 90.9 Å². The lowest BCUT2D eigenvalue weighted by Gasteiger charge is -2.29. The summed E-state index contributed by atoms with van der Waals surface area (Å²) in [5.74, 6) is 0.247. The fourth-order valence-corrected chi connectivity index (χ4v) is 2.39. The van der Waals surface area contributed by atoms with Gasteiger partial charge in [0.05, 0.1) is 29.1 Å². The van der Waals surface area contributed by atoms with Crippen LogP contribution in [0.2, 0.25) is 0 Å². The predicted molar refractivity (Wildman–Crippen MR) is 83.7 cm³/mol. The molecule has 3 rings (SSSR count). The molecule has 6 heteroatoms. The summed E-state index contributed by atoms with van der Waals surface area (Å²) in [6, 6.07) is -0.352. The molecule has 2 atom stereocenters. The van der Waals surface area contributed by atoms with Crippen molar-refractivity contribution in [3.63, 3.8) is 0 Å². The van der Waals surface area contributed by atoms with Crippen LogP contribution in [0.15, 0.2) is 12.4 Å². The maximum absolute atomic E-state index is 12.5. The molecule has 1 aliphatic carbocycles. The molecule has 1 amide bonds. The quantitative estimate of drug-likeness (QED) is 0.789. The largest absolute Gasteiger partial charge is 0.388 e. The van der Waals surface area contributed by atoms with Crippen molar-refractivity contribution >= 4 is 17.1 Å². The summed E-state index contributed by atoms with van der Waals surface area (Å²) in [6.07, 6.45) is 6.26. The second-order valence-corrected chi connectivity index (χ2v) is 6.37. The molecule has 2 aromatic heterocycles. The van der Waals surface area contributed by atoms with Crippen molar-refractivity contribution in [2.45, 2.75) is 57.6 Å². The van der Waals surface area contributed by atoms with E-state index in [2.05, 4.69) is 20.3 Å². The number of nitrogens with zero attached hydrogens (tertiary/aromatic N) is 2. The molecule has 0 unspecified atom stereocenters. The number of fused-ring (bicyclic) bond motifs is 1. The van der Waals surface area contributed by atoms with E-state index in [-0.39, 0.29) is 11.9 Å². The minimum Gasteiger partial charge on any atom is -0.388 e. The normalized spacial score (nSPS) is 18.9. The van der Waals surface area contributed by atoms with Crippen molar-refractivity contribution in [2.75, 3.05) is 0 Å². The van der Waals surface area contributed by atoms with Crippen molar-refractivity contribution in [3.8, 4) is 0 Å². The number of aromatic amines is 1. The summed E-state index contributed by atoms with van der Waals surface area (Å²) in [5, 5.41) is 13.1. The molecule has 0 aliphatic heterocycles. The second-order valence-electron chi connectivity index (χ2n) is 6.37. The van der Waals surface area contributed by atoms with Gasteiger partial charge >= 0.3 is 0 Å². The Morgan fingerprint density at radius 1 is 1.59 bits per heavy atom. The zero-order valence-corrected chi connectivity index (χ0v) is 13.2. The minimum absolute atomic E-state index is 0.241. The highest BCUT2D eigenvalue weighted by atomic mass is 16.3. The number of rotatable bonds is 5. The average Bonchev–Trinajstić information content (AvgIpc) is 3.26. The molecule has 1 fully saturated rings. The number of hydrogen-bond acceptors (Lipinski definition) is 4. The van der Waals surface area contributed by atoms with Gasteiger partial charge in [0, 0.05) is 12.1 Å². The first-order valence-electron chi connectivity index (χ1n) is 7.79. The van der Waals surface area contributed by atoms with E-state index in [0.717, 1.165) is 18.5 Å². The van der Waals surface area contributed by atoms with Crippen molar-refractivity contribution < 1.29 is 9.90 Å². The van der Waals surface area contributed by atoms with Gasteiger partial charge in [-0.3, -0.25) is 4.79 Å². The molecule has 6 nitrogen and oxygen atoms in total. The van der Waals surface area contributed by atoms with Crippen LogP contribution in [0.4, 0.5) is 0 Å². The first-order chi connectivity index (χ1) is 10.4. The lowest BCUT2D eigenvalue weighted by molar-refractivity contribution is 0.0212. The molecule has 0 radical (unpaired) electrons. The fourth-order valence-electron chi connectivity index (χ4n) is 2.39. The number of aromatic nitrogens is 3. The Bertz CT molecular complexity index is 703. The Kier molecular flexibility index (Phi) is 3.64. The number of aliphatic hydroxyl groups is 1. The molecule has 2 aromatic rings. The minimum atomic E-state index is -0.938. The summed E-state index contributed by atoms with van der Waals surface area (Å²) in [7, 11) is 0. The summed E-state index contributed by atoms with van der Waals surface area (Å²) in [4.78, 5) is 24.4. The summed E-state index contributed by atoms with van der Waals surface area (Å²) in [5.41, 5.74) is 1.71. The van der Waals surface area contributed by atoms with E-state index < -0.39 is 5.60 Å². The van der Waals surface area contributed by atoms with E-state index in [1.54, 1.807) is 26.2 Å². The van der Waals surface area contributed by atoms with Crippen LogP contribution in [0.1, 0.15) is 62.0 Å². The Balaban J connectivity index is 1.86. The first kappa shape index (κ1) is 15.0. The summed E-state index contributed by atoms with van der Waals surface area (Å²) >= 11 is 0. The molecule has 22 heavy (non-hydrogen) atoms. The third-order valence-corrected chi connectivity index (χ3v) is 4.64. The Morgan fingerprint density at radius 2 is 2.32 bits per heavy atom. The molecule has 0 aromatic carbocycles. The maximum Gasteiger partial charge on any atom is 0.255 e. The SMILES string of the molecule is CC[C@@](C)(O)[C@H](C)NC(=O)c1c[nH]c2ncc(C3CC3)nc12. The molecule has 0 saturated heterocycles. The van der Waals surface area contributed by atoms with Crippen LogP contribution in [0, 0.1) is 0 Å². The van der Waals surface area contributed by atoms with Gasteiger partial charge in [0.1, 0.15) is 5.52 Å². The van der Waals surface area contributed by atoms with E-state index in [4.69, 9.17) is 0 Å². The zero-order valence-electron chi connectivity index (χ0n) is 13.2. The number of carbonyl (C=O) groups is 1. The van der Waals surface area contributed by atoms with Gasteiger partial charge in [0.25, 0.3) is 5.91 Å². The van der Waals surface area contributed by atoms with Crippen LogP contribution < -0.4 is 5.32 Å². The number of H-pyrrole nitrogens is 1. The molecule has 3 N–H and O–H groups in total. The molecule has 0 spiro atoms. The van der Waals surface area contributed by atoms with Crippen LogP contribution in [-0.4, -0.2) is 37.6 Å². The van der Waals surface area contributed by atoms with Gasteiger partial charge in [-0.15, -0.1) is 0 Å². The fraction of sp³-hybridized carbons (Fsp3) is 0.562. The Labute approximate surface area is 129 Å². The average molecular weight is 302 g/mol. The number of nitrogens with one attached hydrogen (secondary N) is 2. The smallest absolute Gasteiger partial charge is 0.255 e. The molecule has 1 aliphatic rings. The van der Waals surface area contributed by atoms with Crippen LogP contribution in [0.3, 0.4) is 0 Å². The van der Waals surface area contributed by atoms with E-state index >= 15 is 0 Å². The van der Waals surface area contributed by atoms with E-state index in [1.165, 1.54) is 0 Å². The number of carbonyl (C=O) groups excluding carboxylic acids is 1. The third kappa shape index (κ3) is 2.70. The predicted octanol–water partition coefficient (Wildman–Crippen LogP) is 2.11. The Hall–Kier alpha value is -1.95. The monoisotopic (exact) mass is 302 g/mol.